The molecule has 0 radical (unpaired) electrons. The zero-order valence-electron chi connectivity index (χ0n) is 12.4. The summed E-state index contributed by atoms with van der Waals surface area (Å²) >= 11 is 0. The third-order valence-electron chi connectivity index (χ3n) is 4.15. The number of nitrogens with zero attached hydrogens (tertiary/aromatic N) is 1. The lowest BCUT2D eigenvalue weighted by atomic mass is 9.98. The molecule has 0 unspecified atom stereocenters. The van der Waals surface area contributed by atoms with Crippen LogP contribution in [0.25, 0.3) is 0 Å². The Hall–Kier alpha value is -2.00. The van der Waals surface area contributed by atoms with Crippen molar-refractivity contribution in [3.63, 3.8) is 0 Å². The zero-order chi connectivity index (χ0) is 14.7. The van der Waals surface area contributed by atoms with Crippen LogP contribution in [-0.4, -0.2) is 30.2 Å². The number of hydrogen-bond acceptors (Lipinski definition) is 3. The molecule has 0 fully saturated rings. The Labute approximate surface area is 125 Å². The van der Waals surface area contributed by atoms with Gasteiger partial charge in [0.2, 0.25) is 0 Å². The highest BCUT2D eigenvalue weighted by atomic mass is 16.5. The van der Waals surface area contributed by atoms with Crippen LogP contribution in [0, 0.1) is 0 Å². The molecular weight excluding hydrogens is 262 g/mol. The average molecular weight is 283 g/mol. The van der Waals surface area contributed by atoms with Crippen LogP contribution in [0.2, 0.25) is 0 Å². The van der Waals surface area contributed by atoms with E-state index >= 15 is 0 Å². The molecule has 2 aromatic rings. The van der Waals surface area contributed by atoms with Crippen molar-refractivity contribution < 1.29 is 9.84 Å². The van der Waals surface area contributed by atoms with Crippen LogP contribution < -0.4 is 4.74 Å². The number of rotatable bonds is 4. The summed E-state index contributed by atoms with van der Waals surface area (Å²) in [5, 5.41) is 9.92. The van der Waals surface area contributed by atoms with Crippen LogP contribution in [0.5, 0.6) is 11.5 Å². The lowest BCUT2D eigenvalue weighted by Gasteiger charge is -2.29. The normalized spacial score (nSPS) is 14.7. The van der Waals surface area contributed by atoms with Crippen molar-refractivity contribution >= 4 is 0 Å². The highest BCUT2D eigenvalue weighted by molar-refractivity contribution is 5.47. The quantitative estimate of drug-likeness (QED) is 0.936. The Kier molecular flexibility index (Phi) is 4.11. The summed E-state index contributed by atoms with van der Waals surface area (Å²) in [6.07, 6.45) is 2.08. The first-order valence-corrected chi connectivity index (χ1v) is 7.41. The van der Waals surface area contributed by atoms with E-state index in [1.54, 1.807) is 7.11 Å². The largest absolute Gasteiger partial charge is 0.504 e. The number of methoxy groups -OCH3 is 1. The van der Waals surface area contributed by atoms with Gasteiger partial charge in [-0.05, 0) is 41.7 Å². The van der Waals surface area contributed by atoms with Gasteiger partial charge in [-0.2, -0.15) is 0 Å². The van der Waals surface area contributed by atoms with Crippen LogP contribution in [-0.2, 0) is 19.4 Å². The summed E-state index contributed by atoms with van der Waals surface area (Å²) in [5.41, 5.74) is 3.88. The first-order valence-electron chi connectivity index (χ1n) is 7.41. The van der Waals surface area contributed by atoms with Crippen LogP contribution >= 0.6 is 0 Å². The van der Waals surface area contributed by atoms with Crippen LogP contribution in [0.15, 0.2) is 42.5 Å². The van der Waals surface area contributed by atoms with Crippen LogP contribution in [0.1, 0.15) is 16.7 Å². The van der Waals surface area contributed by atoms with E-state index in [2.05, 4.69) is 35.2 Å². The molecule has 0 saturated heterocycles. The Morgan fingerprint density at radius 3 is 2.71 bits per heavy atom. The number of aromatic hydroxyl groups is 1. The fourth-order valence-corrected chi connectivity index (χ4v) is 2.92. The van der Waals surface area contributed by atoms with E-state index in [9.17, 15) is 5.11 Å². The molecule has 3 rings (SSSR count). The Balaban J connectivity index is 1.66. The molecule has 1 heterocycles. The summed E-state index contributed by atoms with van der Waals surface area (Å²) in [6, 6.07) is 14.4. The van der Waals surface area contributed by atoms with E-state index in [-0.39, 0.29) is 5.75 Å². The maximum atomic E-state index is 9.92. The minimum atomic E-state index is 0.237. The number of phenolic OH excluding ortho intramolecular Hbond substituents is 1. The van der Waals surface area contributed by atoms with E-state index in [1.165, 1.54) is 16.7 Å². The smallest absolute Gasteiger partial charge is 0.160 e. The summed E-state index contributed by atoms with van der Waals surface area (Å²) in [4.78, 5) is 2.45. The van der Waals surface area contributed by atoms with Gasteiger partial charge in [0.25, 0.3) is 0 Å². The van der Waals surface area contributed by atoms with Crippen molar-refractivity contribution in [2.24, 2.45) is 0 Å². The Morgan fingerprint density at radius 1 is 1.14 bits per heavy atom. The third kappa shape index (κ3) is 3.19. The number of ether oxygens (including phenoxy) is 1. The number of hydrogen-bond donors (Lipinski definition) is 1. The molecule has 110 valence electrons. The molecule has 2 aromatic carbocycles. The van der Waals surface area contributed by atoms with Crippen molar-refractivity contribution in [2.75, 3.05) is 20.2 Å². The lowest BCUT2D eigenvalue weighted by molar-refractivity contribution is 0.256. The van der Waals surface area contributed by atoms with Crippen molar-refractivity contribution in [1.82, 2.24) is 4.90 Å². The topological polar surface area (TPSA) is 32.7 Å². The molecule has 0 aliphatic carbocycles. The first-order chi connectivity index (χ1) is 10.3. The maximum absolute atomic E-state index is 9.92. The molecule has 1 aliphatic rings. The van der Waals surface area contributed by atoms with Gasteiger partial charge in [-0.1, -0.05) is 30.3 Å². The second-order valence-corrected chi connectivity index (χ2v) is 5.55. The minimum absolute atomic E-state index is 0.237. The van der Waals surface area contributed by atoms with Crippen LogP contribution in [0.4, 0.5) is 0 Å². The van der Waals surface area contributed by atoms with Gasteiger partial charge in [-0.3, -0.25) is 4.90 Å². The second kappa shape index (κ2) is 6.19. The standard InChI is InChI=1S/C18H21NO2/c1-21-18-12-15-8-10-19(13-16(15)11-17(18)20)9-7-14-5-3-2-4-6-14/h2-6,11-12,20H,7-10,13H2,1H3. The van der Waals surface area contributed by atoms with E-state index in [0.717, 1.165) is 32.5 Å². The molecule has 0 bridgehead atoms. The molecule has 3 heteroatoms. The van der Waals surface area contributed by atoms with Gasteiger partial charge in [0, 0.05) is 19.6 Å². The van der Waals surface area contributed by atoms with Crippen molar-refractivity contribution in [2.45, 2.75) is 19.4 Å². The van der Waals surface area contributed by atoms with E-state index in [0.29, 0.717) is 5.75 Å². The predicted octanol–water partition coefficient (Wildman–Crippen LogP) is 3.00. The van der Waals surface area contributed by atoms with Crippen molar-refractivity contribution in [3.8, 4) is 11.5 Å². The molecular formula is C18H21NO2. The van der Waals surface area contributed by atoms with E-state index in [4.69, 9.17) is 4.74 Å². The highest BCUT2D eigenvalue weighted by Crippen LogP contribution is 2.32. The SMILES string of the molecule is COc1cc2c(cc1O)CN(CCc1ccccc1)CC2. The predicted molar refractivity (Wildman–Crippen MR) is 83.8 cm³/mol. The summed E-state index contributed by atoms with van der Waals surface area (Å²) in [7, 11) is 1.59. The van der Waals surface area contributed by atoms with Gasteiger partial charge >= 0.3 is 0 Å². The first kappa shape index (κ1) is 14.0. The lowest BCUT2D eigenvalue weighted by Crippen LogP contribution is -2.32. The highest BCUT2D eigenvalue weighted by Gasteiger charge is 2.18. The molecule has 21 heavy (non-hydrogen) atoms. The zero-order valence-corrected chi connectivity index (χ0v) is 12.4. The molecule has 3 nitrogen and oxygen atoms in total. The molecule has 0 atom stereocenters. The molecule has 1 aliphatic heterocycles. The number of phenols is 1. The average Bonchev–Trinajstić information content (AvgIpc) is 2.53. The van der Waals surface area contributed by atoms with E-state index in [1.807, 2.05) is 12.1 Å². The Morgan fingerprint density at radius 2 is 1.95 bits per heavy atom. The second-order valence-electron chi connectivity index (χ2n) is 5.55. The molecule has 0 saturated carbocycles. The van der Waals surface area contributed by atoms with Gasteiger partial charge in [0.15, 0.2) is 11.5 Å². The maximum Gasteiger partial charge on any atom is 0.160 e. The van der Waals surface area contributed by atoms with Crippen molar-refractivity contribution in [3.05, 3.63) is 59.2 Å². The summed E-state index contributed by atoms with van der Waals surface area (Å²) in [5.74, 6) is 0.813. The number of benzene rings is 2. The van der Waals surface area contributed by atoms with Crippen molar-refractivity contribution in [1.29, 1.82) is 0 Å². The fourth-order valence-electron chi connectivity index (χ4n) is 2.92. The summed E-state index contributed by atoms with van der Waals surface area (Å²) in [6.45, 7) is 3.02. The summed E-state index contributed by atoms with van der Waals surface area (Å²) < 4.78 is 5.18. The molecule has 0 amide bonds. The van der Waals surface area contributed by atoms with Gasteiger partial charge in [-0.25, -0.2) is 0 Å². The Bertz CT molecular complexity index is 610. The minimum Gasteiger partial charge on any atom is -0.504 e. The fraction of sp³-hybridized carbons (Fsp3) is 0.333. The van der Waals surface area contributed by atoms with Gasteiger partial charge in [0.05, 0.1) is 7.11 Å². The van der Waals surface area contributed by atoms with E-state index < -0.39 is 0 Å². The van der Waals surface area contributed by atoms with Gasteiger partial charge < -0.3 is 9.84 Å². The monoisotopic (exact) mass is 283 g/mol. The molecule has 0 aromatic heterocycles. The van der Waals surface area contributed by atoms with Gasteiger partial charge in [0.1, 0.15) is 0 Å². The molecule has 0 spiro atoms. The van der Waals surface area contributed by atoms with Gasteiger partial charge in [-0.15, -0.1) is 0 Å². The van der Waals surface area contributed by atoms with Crippen LogP contribution in [0.3, 0.4) is 0 Å². The number of fused-ring (bicyclic) bond motifs is 1. The third-order valence-corrected chi connectivity index (χ3v) is 4.15. The molecule has 1 N–H and O–H groups in total.